The van der Waals surface area contributed by atoms with Crippen LogP contribution in [0.5, 0.6) is 0 Å². The summed E-state index contributed by atoms with van der Waals surface area (Å²) in [5, 5.41) is 6.75. The number of benzene rings is 1. The zero-order chi connectivity index (χ0) is 18.5. The van der Waals surface area contributed by atoms with Crippen LogP contribution >= 0.6 is 0 Å². The molecule has 0 bridgehead atoms. The van der Waals surface area contributed by atoms with Gasteiger partial charge in [0.2, 0.25) is 17.6 Å². The molecule has 0 aliphatic rings. The first kappa shape index (κ1) is 17.8. The van der Waals surface area contributed by atoms with Crippen molar-refractivity contribution >= 4 is 5.91 Å². The van der Waals surface area contributed by atoms with E-state index in [1.807, 2.05) is 19.1 Å². The van der Waals surface area contributed by atoms with Crippen molar-refractivity contribution in [2.24, 2.45) is 0 Å². The number of nitrogens with zero attached hydrogens (tertiary/aromatic N) is 2. The highest BCUT2D eigenvalue weighted by Gasteiger charge is 2.14. The minimum Gasteiger partial charge on any atom is -0.469 e. The number of nitrogens with one attached hydrogen (secondary N) is 1. The third-order valence-electron chi connectivity index (χ3n) is 3.96. The van der Waals surface area contributed by atoms with Gasteiger partial charge in [0.25, 0.3) is 0 Å². The number of aromatic nitrogens is 2. The van der Waals surface area contributed by atoms with Gasteiger partial charge in [-0.2, -0.15) is 4.98 Å². The molecule has 3 rings (SSSR count). The summed E-state index contributed by atoms with van der Waals surface area (Å²) in [6, 6.07) is 8.41. The second-order valence-electron chi connectivity index (χ2n) is 6.23. The van der Waals surface area contributed by atoms with E-state index in [4.69, 9.17) is 8.94 Å². The highest BCUT2D eigenvalue weighted by atomic mass is 19.1. The summed E-state index contributed by atoms with van der Waals surface area (Å²) in [6.07, 6.45) is 2.78. The maximum absolute atomic E-state index is 13.6. The highest BCUT2D eigenvalue weighted by molar-refractivity contribution is 5.76. The van der Waals surface area contributed by atoms with E-state index >= 15 is 0 Å². The molecule has 0 aliphatic heterocycles. The largest absolute Gasteiger partial charge is 0.469 e. The van der Waals surface area contributed by atoms with Crippen LogP contribution in [0.4, 0.5) is 4.39 Å². The quantitative estimate of drug-likeness (QED) is 0.700. The SMILES string of the molecule is Cc1ccc(-c2noc(CCC(=O)NC(C)Cc3ccco3)n2)cc1F. The number of halogens is 1. The molecule has 1 amide bonds. The molecular weight excluding hydrogens is 337 g/mol. The maximum Gasteiger partial charge on any atom is 0.227 e. The summed E-state index contributed by atoms with van der Waals surface area (Å²) in [5.74, 6) is 1.05. The average molecular weight is 357 g/mol. The van der Waals surface area contributed by atoms with E-state index in [0.717, 1.165) is 5.76 Å². The van der Waals surface area contributed by atoms with Gasteiger partial charge in [0.15, 0.2) is 0 Å². The van der Waals surface area contributed by atoms with E-state index < -0.39 is 0 Å². The lowest BCUT2D eigenvalue weighted by Gasteiger charge is -2.11. The van der Waals surface area contributed by atoms with Crippen LogP contribution in [-0.2, 0) is 17.6 Å². The maximum atomic E-state index is 13.6. The molecule has 7 heteroatoms. The molecule has 1 atom stereocenters. The molecule has 1 unspecified atom stereocenters. The Morgan fingerprint density at radius 3 is 2.92 bits per heavy atom. The molecule has 0 fully saturated rings. The van der Waals surface area contributed by atoms with Crippen LogP contribution in [0.2, 0.25) is 0 Å². The van der Waals surface area contributed by atoms with E-state index in [1.165, 1.54) is 6.07 Å². The van der Waals surface area contributed by atoms with Crippen LogP contribution in [0.25, 0.3) is 11.4 Å². The van der Waals surface area contributed by atoms with Crippen molar-refractivity contribution < 1.29 is 18.1 Å². The van der Waals surface area contributed by atoms with Crippen LogP contribution in [0.1, 0.15) is 30.6 Å². The number of hydrogen-bond donors (Lipinski definition) is 1. The normalized spacial score (nSPS) is 12.1. The Morgan fingerprint density at radius 2 is 2.19 bits per heavy atom. The van der Waals surface area contributed by atoms with Crippen molar-refractivity contribution in [1.82, 2.24) is 15.5 Å². The molecule has 6 nitrogen and oxygen atoms in total. The van der Waals surface area contributed by atoms with Crippen LogP contribution in [0.3, 0.4) is 0 Å². The molecule has 0 spiro atoms. The van der Waals surface area contributed by atoms with E-state index in [0.29, 0.717) is 35.7 Å². The molecule has 0 aliphatic carbocycles. The number of rotatable bonds is 7. The fraction of sp³-hybridized carbons (Fsp3) is 0.316. The van der Waals surface area contributed by atoms with Gasteiger partial charge in [-0.15, -0.1) is 0 Å². The van der Waals surface area contributed by atoms with E-state index in [9.17, 15) is 9.18 Å². The van der Waals surface area contributed by atoms with Gasteiger partial charge in [0, 0.05) is 30.9 Å². The minimum absolute atomic E-state index is 0.0394. The van der Waals surface area contributed by atoms with Crippen molar-refractivity contribution in [3.8, 4) is 11.4 Å². The van der Waals surface area contributed by atoms with Crippen molar-refractivity contribution in [3.63, 3.8) is 0 Å². The standard InChI is InChI=1S/C19H20FN3O3/c1-12-5-6-14(11-16(12)20)19-22-18(26-23-19)8-7-17(24)21-13(2)10-15-4-3-9-25-15/h3-6,9,11,13H,7-8,10H2,1-2H3,(H,21,24). The van der Waals surface area contributed by atoms with Crippen LogP contribution in [0.15, 0.2) is 45.5 Å². The monoisotopic (exact) mass is 357 g/mol. The zero-order valence-electron chi connectivity index (χ0n) is 14.7. The Labute approximate surface area is 150 Å². The van der Waals surface area contributed by atoms with E-state index in [2.05, 4.69) is 15.5 Å². The summed E-state index contributed by atoms with van der Waals surface area (Å²) in [6.45, 7) is 3.60. The van der Waals surface area contributed by atoms with E-state index in [-0.39, 0.29) is 24.2 Å². The molecule has 2 heterocycles. The molecule has 0 saturated carbocycles. The van der Waals surface area contributed by atoms with Gasteiger partial charge < -0.3 is 14.3 Å². The Morgan fingerprint density at radius 1 is 1.35 bits per heavy atom. The Kier molecular flexibility index (Phi) is 5.46. The minimum atomic E-state index is -0.321. The summed E-state index contributed by atoms with van der Waals surface area (Å²) in [7, 11) is 0. The smallest absolute Gasteiger partial charge is 0.227 e. The van der Waals surface area contributed by atoms with Gasteiger partial charge in [-0.25, -0.2) is 4.39 Å². The summed E-state index contributed by atoms with van der Waals surface area (Å²) in [5.41, 5.74) is 1.09. The fourth-order valence-electron chi connectivity index (χ4n) is 2.55. The van der Waals surface area contributed by atoms with Crippen LogP contribution in [0, 0.1) is 12.7 Å². The third kappa shape index (κ3) is 4.56. The van der Waals surface area contributed by atoms with Gasteiger partial charge in [-0.3, -0.25) is 4.79 Å². The Balaban J connectivity index is 1.51. The first-order valence-electron chi connectivity index (χ1n) is 8.42. The van der Waals surface area contributed by atoms with Gasteiger partial charge in [0.05, 0.1) is 6.26 Å². The predicted molar refractivity (Wildman–Crippen MR) is 92.8 cm³/mol. The summed E-state index contributed by atoms with van der Waals surface area (Å²) >= 11 is 0. The van der Waals surface area contributed by atoms with Gasteiger partial charge in [-0.1, -0.05) is 17.3 Å². The molecule has 0 radical (unpaired) electrons. The molecule has 1 aromatic carbocycles. The second kappa shape index (κ2) is 7.95. The number of furan rings is 1. The number of aryl methyl sites for hydroxylation is 2. The highest BCUT2D eigenvalue weighted by Crippen LogP contribution is 2.19. The topological polar surface area (TPSA) is 81.2 Å². The average Bonchev–Trinajstić information content (AvgIpc) is 3.27. The van der Waals surface area contributed by atoms with Gasteiger partial charge >= 0.3 is 0 Å². The van der Waals surface area contributed by atoms with Gasteiger partial charge in [0.1, 0.15) is 11.6 Å². The molecule has 2 aromatic heterocycles. The lowest BCUT2D eigenvalue weighted by Crippen LogP contribution is -2.34. The van der Waals surface area contributed by atoms with Crippen LogP contribution in [-0.4, -0.2) is 22.1 Å². The molecule has 26 heavy (non-hydrogen) atoms. The van der Waals surface area contributed by atoms with Crippen molar-refractivity contribution in [1.29, 1.82) is 0 Å². The fourth-order valence-corrected chi connectivity index (χ4v) is 2.55. The van der Waals surface area contributed by atoms with Crippen LogP contribution < -0.4 is 5.32 Å². The van der Waals surface area contributed by atoms with Crippen molar-refractivity contribution in [3.05, 3.63) is 59.6 Å². The van der Waals surface area contributed by atoms with E-state index in [1.54, 1.807) is 25.3 Å². The molecule has 3 aromatic rings. The first-order valence-corrected chi connectivity index (χ1v) is 8.42. The number of amides is 1. The number of carbonyl (C=O) groups excluding carboxylic acids is 1. The zero-order valence-corrected chi connectivity index (χ0v) is 14.7. The lowest BCUT2D eigenvalue weighted by atomic mass is 10.1. The Hall–Kier alpha value is -2.96. The number of carbonyl (C=O) groups is 1. The first-order chi connectivity index (χ1) is 12.5. The third-order valence-corrected chi connectivity index (χ3v) is 3.96. The molecular formula is C19H20FN3O3. The predicted octanol–water partition coefficient (Wildman–Crippen LogP) is 3.46. The summed E-state index contributed by atoms with van der Waals surface area (Å²) in [4.78, 5) is 16.3. The summed E-state index contributed by atoms with van der Waals surface area (Å²) < 4.78 is 24.1. The molecule has 0 saturated heterocycles. The Bertz CT molecular complexity index is 874. The number of hydrogen-bond acceptors (Lipinski definition) is 5. The lowest BCUT2D eigenvalue weighted by molar-refractivity contribution is -0.121. The molecule has 136 valence electrons. The van der Waals surface area contributed by atoms with Crippen molar-refractivity contribution in [2.75, 3.05) is 0 Å². The van der Waals surface area contributed by atoms with Gasteiger partial charge in [-0.05, 0) is 37.6 Å². The van der Waals surface area contributed by atoms with Crippen molar-refractivity contribution in [2.45, 2.75) is 39.2 Å². The second-order valence-corrected chi connectivity index (χ2v) is 6.23. The molecule has 1 N–H and O–H groups in total.